The molecule has 0 radical (unpaired) electrons. The Hall–Kier alpha value is -1.65. The van der Waals surface area contributed by atoms with E-state index in [4.69, 9.17) is 16.1 Å². The standard InChI is InChI=1S/C14H8BrClN2O/c15-11-5-1-3-9(7-11)13-17-14(19-18-13)10-4-2-6-12(16)8-10/h1-8H. The van der Waals surface area contributed by atoms with Gasteiger partial charge < -0.3 is 4.52 Å². The fraction of sp³-hybridized carbons (Fsp3) is 0. The van der Waals surface area contributed by atoms with Crippen molar-refractivity contribution < 1.29 is 4.52 Å². The van der Waals surface area contributed by atoms with E-state index in [1.54, 1.807) is 12.1 Å². The van der Waals surface area contributed by atoms with Crippen LogP contribution in [0.5, 0.6) is 0 Å². The normalized spacial score (nSPS) is 10.6. The Morgan fingerprint density at radius 1 is 1.00 bits per heavy atom. The van der Waals surface area contributed by atoms with Gasteiger partial charge in [0.15, 0.2) is 0 Å². The third-order valence-electron chi connectivity index (χ3n) is 2.58. The van der Waals surface area contributed by atoms with E-state index in [0.717, 1.165) is 15.6 Å². The van der Waals surface area contributed by atoms with Crippen molar-refractivity contribution in [2.45, 2.75) is 0 Å². The number of aromatic nitrogens is 2. The molecule has 3 nitrogen and oxygen atoms in total. The second kappa shape index (κ2) is 5.15. The zero-order chi connectivity index (χ0) is 13.2. The van der Waals surface area contributed by atoms with Crippen LogP contribution in [0.4, 0.5) is 0 Å². The highest BCUT2D eigenvalue weighted by atomic mass is 79.9. The molecule has 0 bridgehead atoms. The molecule has 2 aromatic carbocycles. The minimum absolute atomic E-state index is 0.456. The largest absolute Gasteiger partial charge is 0.334 e. The van der Waals surface area contributed by atoms with Crippen LogP contribution in [-0.4, -0.2) is 10.1 Å². The molecule has 0 saturated carbocycles. The van der Waals surface area contributed by atoms with Crippen molar-refractivity contribution in [3.05, 3.63) is 58.0 Å². The lowest BCUT2D eigenvalue weighted by Crippen LogP contribution is -1.81. The van der Waals surface area contributed by atoms with Gasteiger partial charge in [-0.05, 0) is 30.3 Å². The molecular formula is C14H8BrClN2O. The topological polar surface area (TPSA) is 38.9 Å². The average molecular weight is 336 g/mol. The maximum Gasteiger partial charge on any atom is 0.258 e. The summed E-state index contributed by atoms with van der Waals surface area (Å²) < 4.78 is 6.24. The van der Waals surface area contributed by atoms with E-state index < -0.39 is 0 Å². The van der Waals surface area contributed by atoms with Gasteiger partial charge in [0.1, 0.15) is 0 Å². The summed E-state index contributed by atoms with van der Waals surface area (Å²) in [6.45, 7) is 0. The quantitative estimate of drug-likeness (QED) is 0.674. The lowest BCUT2D eigenvalue weighted by atomic mass is 10.2. The highest BCUT2D eigenvalue weighted by Gasteiger charge is 2.10. The lowest BCUT2D eigenvalue weighted by Gasteiger charge is -1.95. The van der Waals surface area contributed by atoms with Crippen LogP contribution in [0.2, 0.25) is 5.02 Å². The minimum Gasteiger partial charge on any atom is -0.334 e. The van der Waals surface area contributed by atoms with Gasteiger partial charge in [0, 0.05) is 20.6 Å². The third kappa shape index (κ3) is 2.69. The van der Waals surface area contributed by atoms with E-state index in [1.807, 2.05) is 36.4 Å². The number of hydrogen-bond acceptors (Lipinski definition) is 3. The van der Waals surface area contributed by atoms with E-state index in [2.05, 4.69) is 26.1 Å². The van der Waals surface area contributed by atoms with E-state index in [9.17, 15) is 0 Å². The van der Waals surface area contributed by atoms with Crippen molar-refractivity contribution >= 4 is 27.5 Å². The maximum absolute atomic E-state index is 5.94. The molecular weight excluding hydrogens is 328 g/mol. The first kappa shape index (κ1) is 12.4. The Bertz CT molecular complexity index is 667. The molecule has 0 aliphatic rings. The number of benzene rings is 2. The Morgan fingerprint density at radius 2 is 1.79 bits per heavy atom. The van der Waals surface area contributed by atoms with E-state index >= 15 is 0 Å². The molecule has 94 valence electrons. The van der Waals surface area contributed by atoms with Crippen molar-refractivity contribution in [3.8, 4) is 22.8 Å². The second-order valence-electron chi connectivity index (χ2n) is 3.94. The van der Waals surface area contributed by atoms with Crippen LogP contribution in [0.15, 0.2) is 57.5 Å². The summed E-state index contributed by atoms with van der Waals surface area (Å²) >= 11 is 9.36. The zero-order valence-electron chi connectivity index (χ0n) is 9.68. The van der Waals surface area contributed by atoms with Gasteiger partial charge in [-0.15, -0.1) is 0 Å². The monoisotopic (exact) mass is 334 g/mol. The van der Waals surface area contributed by atoms with Crippen molar-refractivity contribution in [2.24, 2.45) is 0 Å². The number of hydrogen-bond donors (Lipinski definition) is 0. The van der Waals surface area contributed by atoms with Gasteiger partial charge in [0.2, 0.25) is 5.82 Å². The molecule has 0 fully saturated rings. The number of nitrogens with zero attached hydrogens (tertiary/aromatic N) is 2. The van der Waals surface area contributed by atoms with E-state index in [0.29, 0.717) is 16.7 Å². The van der Waals surface area contributed by atoms with Crippen LogP contribution < -0.4 is 0 Å². The predicted molar refractivity (Wildman–Crippen MR) is 77.9 cm³/mol. The molecule has 0 unspecified atom stereocenters. The summed E-state index contributed by atoms with van der Waals surface area (Å²) in [5, 5.41) is 4.62. The van der Waals surface area contributed by atoms with Gasteiger partial charge in [-0.2, -0.15) is 4.98 Å². The van der Waals surface area contributed by atoms with Gasteiger partial charge in [-0.25, -0.2) is 0 Å². The molecule has 1 aromatic heterocycles. The summed E-state index contributed by atoms with van der Waals surface area (Å²) in [7, 11) is 0. The first-order valence-electron chi connectivity index (χ1n) is 5.58. The Labute approximate surface area is 123 Å². The molecule has 0 spiro atoms. The third-order valence-corrected chi connectivity index (χ3v) is 3.31. The van der Waals surface area contributed by atoms with Crippen LogP contribution >= 0.6 is 27.5 Å². The molecule has 19 heavy (non-hydrogen) atoms. The summed E-state index contributed by atoms with van der Waals surface area (Å²) in [6, 6.07) is 15.1. The Morgan fingerprint density at radius 3 is 2.58 bits per heavy atom. The van der Waals surface area contributed by atoms with Crippen molar-refractivity contribution in [1.29, 1.82) is 0 Å². The van der Waals surface area contributed by atoms with Crippen molar-refractivity contribution in [2.75, 3.05) is 0 Å². The van der Waals surface area contributed by atoms with E-state index in [1.165, 1.54) is 0 Å². The van der Waals surface area contributed by atoms with Crippen LogP contribution in [0.1, 0.15) is 0 Å². The summed E-state index contributed by atoms with van der Waals surface area (Å²) in [6.07, 6.45) is 0. The fourth-order valence-corrected chi connectivity index (χ4v) is 2.30. The molecule has 0 aliphatic heterocycles. The lowest BCUT2D eigenvalue weighted by molar-refractivity contribution is 0.432. The van der Waals surface area contributed by atoms with Gasteiger partial charge in [0.25, 0.3) is 5.89 Å². The molecule has 0 aliphatic carbocycles. The zero-order valence-corrected chi connectivity index (χ0v) is 12.0. The average Bonchev–Trinajstić information content (AvgIpc) is 2.88. The molecule has 0 saturated heterocycles. The highest BCUT2D eigenvalue weighted by Crippen LogP contribution is 2.25. The van der Waals surface area contributed by atoms with Gasteiger partial charge in [-0.1, -0.05) is 50.9 Å². The smallest absolute Gasteiger partial charge is 0.258 e. The van der Waals surface area contributed by atoms with E-state index in [-0.39, 0.29) is 0 Å². The summed E-state index contributed by atoms with van der Waals surface area (Å²) in [5.41, 5.74) is 1.70. The fourth-order valence-electron chi connectivity index (χ4n) is 1.71. The van der Waals surface area contributed by atoms with Gasteiger partial charge in [-0.3, -0.25) is 0 Å². The van der Waals surface area contributed by atoms with Crippen LogP contribution in [-0.2, 0) is 0 Å². The summed E-state index contributed by atoms with van der Waals surface area (Å²) in [4.78, 5) is 4.38. The first-order valence-corrected chi connectivity index (χ1v) is 6.75. The predicted octanol–water partition coefficient (Wildman–Crippen LogP) is 4.82. The van der Waals surface area contributed by atoms with Crippen LogP contribution in [0.3, 0.4) is 0 Å². The molecule has 3 aromatic rings. The van der Waals surface area contributed by atoms with Crippen molar-refractivity contribution in [3.63, 3.8) is 0 Å². The Kier molecular flexibility index (Phi) is 3.36. The first-order chi connectivity index (χ1) is 9.22. The van der Waals surface area contributed by atoms with Crippen molar-refractivity contribution in [1.82, 2.24) is 10.1 Å². The minimum atomic E-state index is 0.456. The van der Waals surface area contributed by atoms with Crippen LogP contribution in [0.25, 0.3) is 22.8 Å². The molecule has 5 heteroatoms. The SMILES string of the molecule is Clc1cccc(-c2nc(-c3cccc(Br)c3)no2)c1. The maximum atomic E-state index is 5.94. The summed E-state index contributed by atoms with van der Waals surface area (Å²) in [5.74, 6) is 1.01. The van der Waals surface area contributed by atoms with Crippen LogP contribution in [0, 0.1) is 0 Å². The molecule has 3 rings (SSSR count). The van der Waals surface area contributed by atoms with Gasteiger partial charge >= 0.3 is 0 Å². The highest BCUT2D eigenvalue weighted by molar-refractivity contribution is 9.10. The Balaban J connectivity index is 2.00. The number of halogens is 2. The molecule has 0 atom stereocenters. The molecule has 1 heterocycles. The molecule has 0 N–H and O–H groups in total. The van der Waals surface area contributed by atoms with Gasteiger partial charge in [0.05, 0.1) is 0 Å². The second-order valence-corrected chi connectivity index (χ2v) is 5.30. The molecule has 0 amide bonds. The number of rotatable bonds is 2.